The van der Waals surface area contributed by atoms with Crippen LogP contribution in [-0.4, -0.2) is 6.61 Å². The summed E-state index contributed by atoms with van der Waals surface area (Å²) in [5.41, 5.74) is 0. The molecular weight excluding hydrogens is 328 g/mol. The van der Waals surface area contributed by atoms with Crippen molar-refractivity contribution in [3.8, 4) is 5.75 Å². The van der Waals surface area contributed by atoms with Gasteiger partial charge >= 0.3 is 0 Å². The zero-order valence-corrected chi connectivity index (χ0v) is 18.0. The maximum Gasteiger partial charge on any atom is 0.119 e. The standard InChI is InChI=1S/C24H40O.C2H4/c1-2-3-4-5-6-7-8-9-10-11-12-13-14-15-16-20-23-25-24-21-18-17-19-22-24;1-2/h9-10,17-19,21-22H,2-8,11-16,20,23H2,1H3;1-2H2/b10-9-;. The van der Waals surface area contributed by atoms with E-state index in [4.69, 9.17) is 4.74 Å². The second-order valence-corrected chi connectivity index (χ2v) is 7.10. The highest BCUT2D eigenvalue weighted by atomic mass is 16.5. The smallest absolute Gasteiger partial charge is 0.119 e. The second-order valence-electron chi connectivity index (χ2n) is 7.10. The van der Waals surface area contributed by atoms with Crippen molar-refractivity contribution in [1.29, 1.82) is 0 Å². The van der Waals surface area contributed by atoms with Gasteiger partial charge in [0, 0.05) is 0 Å². The van der Waals surface area contributed by atoms with E-state index in [-0.39, 0.29) is 0 Å². The van der Waals surface area contributed by atoms with Crippen LogP contribution < -0.4 is 4.74 Å². The molecule has 0 saturated heterocycles. The molecule has 0 unspecified atom stereocenters. The van der Waals surface area contributed by atoms with Gasteiger partial charge in [-0.3, -0.25) is 0 Å². The van der Waals surface area contributed by atoms with E-state index in [9.17, 15) is 0 Å². The minimum Gasteiger partial charge on any atom is -0.494 e. The Morgan fingerprint density at radius 1 is 0.667 bits per heavy atom. The Bertz CT molecular complexity index is 409. The lowest BCUT2D eigenvalue weighted by molar-refractivity contribution is 0.304. The van der Waals surface area contributed by atoms with Crippen LogP contribution in [0.5, 0.6) is 5.75 Å². The number of benzene rings is 1. The van der Waals surface area contributed by atoms with Crippen LogP contribution in [0.2, 0.25) is 0 Å². The summed E-state index contributed by atoms with van der Waals surface area (Å²) in [5, 5.41) is 0. The summed E-state index contributed by atoms with van der Waals surface area (Å²) in [4.78, 5) is 0. The van der Waals surface area contributed by atoms with Crippen LogP contribution in [-0.2, 0) is 0 Å². The summed E-state index contributed by atoms with van der Waals surface area (Å²) in [6.45, 7) is 9.13. The minimum absolute atomic E-state index is 0.852. The maximum absolute atomic E-state index is 5.72. The molecule has 0 radical (unpaired) electrons. The summed E-state index contributed by atoms with van der Waals surface area (Å²) in [6.07, 6.45) is 23.7. The van der Waals surface area contributed by atoms with Gasteiger partial charge in [0.05, 0.1) is 6.61 Å². The number of hydrogen-bond donors (Lipinski definition) is 0. The highest BCUT2D eigenvalue weighted by molar-refractivity contribution is 5.20. The van der Waals surface area contributed by atoms with Crippen molar-refractivity contribution >= 4 is 0 Å². The Hall–Kier alpha value is -1.50. The minimum atomic E-state index is 0.852. The molecule has 27 heavy (non-hydrogen) atoms. The highest BCUT2D eigenvalue weighted by Gasteiger charge is 1.94. The van der Waals surface area contributed by atoms with E-state index in [1.807, 2.05) is 30.3 Å². The van der Waals surface area contributed by atoms with E-state index in [1.54, 1.807) is 0 Å². The van der Waals surface area contributed by atoms with Gasteiger partial charge in [0.2, 0.25) is 0 Å². The van der Waals surface area contributed by atoms with Crippen molar-refractivity contribution in [3.63, 3.8) is 0 Å². The van der Waals surface area contributed by atoms with Gasteiger partial charge in [-0.25, -0.2) is 0 Å². The molecule has 0 atom stereocenters. The first-order valence-electron chi connectivity index (χ1n) is 11.3. The van der Waals surface area contributed by atoms with Crippen LogP contribution in [0, 0.1) is 0 Å². The molecule has 0 N–H and O–H groups in total. The fourth-order valence-electron chi connectivity index (χ4n) is 3.06. The number of para-hydroxylation sites is 1. The van der Waals surface area contributed by atoms with E-state index in [1.165, 1.54) is 89.9 Å². The van der Waals surface area contributed by atoms with Gasteiger partial charge in [0.15, 0.2) is 0 Å². The third kappa shape index (κ3) is 19.1. The lowest BCUT2D eigenvalue weighted by atomic mass is 10.1. The van der Waals surface area contributed by atoms with Crippen molar-refractivity contribution in [2.75, 3.05) is 6.61 Å². The van der Waals surface area contributed by atoms with Gasteiger partial charge in [-0.2, -0.15) is 0 Å². The third-order valence-electron chi connectivity index (χ3n) is 4.67. The van der Waals surface area contributed by atoms with Crippen LogP contribution in [0.25, 0.3) is 0 Å². The first-order valence-corrected chi connectivity index (χ1v) is 11.3. The summed E-state index contributed by atoms with van der Waals surface area (Å²) in [6, 6.07) is 10.1. The average Bonchev–Trinajstić information content (AvgIpc) is 2.72. The topological polar surface area (TPSA) is 9.23 Å². The molecule has 0 amide bonds. The van der Waals surface area contributed by atoms with Crippen LogP contribution in [0.4, 0.5) is 0 Å². The molecule has 0 aliphatic heterocycles. The summed E-state index contributed by atoms with van der Waals surface area (Å²) in [7, 11) is 0. The quantitative estimate of drug-likeness (QED) is 0.196. The molecule has 1 aromatic carbocycles. The van der Waals surface area contributed by atoms with Gasteiger partial charge in [0.25, 0.3) is 0 Å². The van der Waals surface area contributed by atoms with Crippen molar-refractivity contribution in [2.45, 2.75) is 96.8 Å². The van der Waals surface area contributed by atoms with E-state index >= 15 is 0 Å². The molecule has 1 heteroatoms. The molecule has 0 fully saturated rings. The molecule has 0 spiro atoms. The number of unbranched alkanes of at least 4 members (excludes halogenated alkanes) is 12. The lowest BCUT2D eigenvalue weighted by Crippen LogP contribution is -1.96. The molecule has 0 aliphatic carbocycles. The first-order chi connectivity index (χ1) is 13.4. The van der Waals surface area contributed by atoms with Crippen molar-refractivity contribution < 1.29 is 4.74 Å². The normalized spacial score (nSPS) is 10.6. The van der Waals surface area contributed by atoms with Crippen LogP contribution >= 0.6 is 0 Å². The SMILES string of the molecule is C=C.CCCCCCCC/C=C\CCCCCCCCOc1ccccc1. The maximum atomic E-state index is 5.72. The van der Waals surface area contributed by atoms with E-state index in [2.05, 4.69) is 32.2 Å². The molecule has 154 valence electrons. The Morgan fingerprint density at radius 2 is 1.15 bits per heavy atom. The van der Waals surface area contributed by atoms with Gasteiger partial charge < -0.3 is 4.74 Å². The average molecular weight is 373 g/mol. The Balaban J connectivity index is 0.00000326. The summed E-state index contributed by atoms with van der Waals surface area (Å²) >= 11 is 0. The zero-order chi connectivity index (χ0) is 19.8. The van der Waals surface area contributed by atoms with Crippen LogP contribution in [0.15, 0.2) is 55.6 Å². The molecule has 0 heterocycles. The number of rotatable bonds is 17. The van der Waals surface area contributed by atoms with Gasteiger partial charge in [-0.15, -0.1) is 13.2 Å². The van der Waals surface area contributed by atoms with Crippen LogP contribution in [0.3, 0.4) is 0 Å². The van der Waals surface area contributed by atoms with Crippen molar-refractivity contribution in [2.24, 2.45) is 0 Å². The van der Waals surface area contributed by atoms with Gasteiger partial charge in [0.1, 0.15) is 5.75 Å². The lowest BCUT2D eigenvalue weighted by Gasteiger charge is -2.05. The predicted octanol–water partition coefficient (Wildman–Crippen LogP) is 8.91. The molecule has 0 aliphatic rings. The van der Waals surface area contributed by atoms with E-state index in [0.29, 0.717) is 0 Å². The molecular formula is C26H44O. The molecule has 0 aromatic heterocycles. The van der Waals surface area contributed by atoms with Crippen molar-refractivity contribution in [1.82, 2.24) is 0 Å². The monoisotopic (exact) mass is 372 g/mol. The molecule has 0 bridgehead atoms. The molecule has 0 saturated carbocycles. The predicted molar refractivity (Wildman–Crippen MR) is 123 cm³/mol. The zero-order valence-electron chi connectivity index (χ0n) is 18.0. The summed E-state index contributed by atoms with van der Waals surface area (Å²) in [5.74, 6) is 0.996. The third-order valence-corrected chi connectivity index (χ3v) is 4.67. The highest BCUT2D eigenvalue weighted by Crippen LogP contribution is 2.12. The number of hydrogen-bond acceptors (Lipinski definition) is 1. The van der Waals surface area contributed by atoms with Gasteiger partial charge in [-0.05, 0) is 44.2 Å². The second kappa shape index (κ2) is 22.5. The Kier molecular flexibility index (Phi) is 21.3. The fraction of sp³-hybridized carbons (Fsp3) is 0.615. The first kappa shape index (κ1) is 25.5. The van der Waals surface area contributed by atoms with E-state index in [0.717, 1.165) is 12.4 Å². The number of allylic oxidation sites excluding steroid dienone is 2. The van der Waals surface area contributed by atoms with Gasteiger partial charge in [-0.1, -0.05) is 95.1 Å². The largest absolute Gasteiger partial charge is 0.494 e. The van der Waals surface area contributed by atoms with Crippen LogP contribution in [0.1, 0.15) is 96.8 Å². The molecule has 1 aromatic rings. The van der Waals surface area contributed by atoms with E-state index < -0.39 is 0 Å². The molecule has 1 nitrogen and oxygen atoms in total. The molecule has 1 rings (SSSR count). The Morgan fingerprint density at radius 3 is 1.70 bits per heavy atom. The Labute approximate surface area is 169 Å². The summed E-state index contributed by atoms with van der Waals surface area (Å²) < 4.78 is 5.72. The number of ether oxygens (including phenoxy) is 1. The van der Waals surface area contributed by atoms with Crippen molar-refractivity contribution in [3.05, 3.63) is 55.6 Å². The fourth-order valence-corrected chi connectivity index (χ4v) is 3.06.